The Hall–Kier alpha value is -2.03. The number of halogens is 1. The van der Waals surface area contributed by atoms with E-state index in [4.69, 9.17) is 16.9 Å². The fourth-order valence-corrected chi connectivity index (χ4v) is 2.88. The third-order valence-electron chi connectivity index (χ3n) is 2.70. The predicted molar refractivity (Wildman–Crippen MR) is 78.2 cm³/mol. The van der Waals surface area contributed by atoms with Gasteiger partial charge in [-0.25, -0.2) is 8.42 Å². The average molecular weight is 307 g/mol. The smallest absolute Gasteiger partial charge is 0.261 e. The van der Waals surface area contributed by atoms with Crippen molar-refractivity contribution < 1.29 is 8.42 Å². The van der Waals surface area contributed by atoms with E-state index in [0.717, 1.165) is 5.56 Å². The molecular weight excluding hydrogens is 296 g/mol. The molecule has 0 unspecified atom stereocenters. The van der Waals surface area contributed by atoms with E-state index in [-0.39, 0.29) is 10.5 Å². The lowest BCUT2D eigenvalue weighted by Crippen LogP contribution is -2.13. The number of nitriles is 1. The van der Waals surface area contributed by atoms with Gasteiger partial charge in [0.05, 0.1) is 22.2 Å². The number of hydrogen-bond donors (Lipinski definition) is 1. The first kappa shape index (κ1) is 14.4. The van der Waals surface area contributed by atoms with Gasteiger partial charge in [-0.2, -0.15) is 5.26 Å². The molecule has 20 heavy (non-hydrogen) atoms. The summed E-state index contributed by atoms with van der Waals surface area (Å²) < 4.78 is 26.8. The SMILES string of the molecule is Cc1ccc(NS(=O)(=O)c2cccc(C#N)c2)cc1Cl. The van der Waals surface area contributed by atoms with Gasteiger partial charge in [0.1, 0.15) is 0 Å². The molecular formula is C14H11ClN2O2S. The Labute approximate surface area is 122 Å². The molecule has 102 valence electrons. The van der Waals surface area contributed by atoms with E-state index in [9.17, 15) is 8.42 Å². The van der Waals surface area contributed by atoms with E-state index in [1.165, 1.54) is 18.2 Å². The van der Waals surface area contributed by atoms with E-state index in [2.05, 4.69) is 4.72 Å². The third-order valence-corrected chi connectivity index (χ3v) is 4.48. The van der Waals surface area contributed by atoms with Crippen molar-refractivity contribution in [3.8, 4) is 6.07 Å². The van der Waals surface area contributed by atoms with Gasteiger partial charge in [-0.05, 0) is 42.8 Å². The van der Waals surface area contributed by atoms with Crippen molar-refractivity contribution in [3.05, 3.63) is 58.6 Å². The summed E-state index contributed by atoms with van der Waals surface area (Å²) in [5.74, 6) is 0. The number of nitrogens with one attached hydrogen (secondary N) is 1. The first-order chi connectivity index (χ1) is 9.42. The molecule has 0 saturated heterocycles. The van der Waals surface area contributed by atoms with E-state index in [0.29, 0.717) is 10.7 Å². The van der Waals surface area contributed by atoms with Gasteiger partial charge in [-0.3, -0.25) is 4.72 Å². The summed E-state index contributed by atoms with van der Waals surface area (Å²) in [4.78, 5) is 0.0354. The first-order valence-electron chi connectivity index (χ1n) is 5.71. The molecule has 0 atom stereocenters. The molecule has 4 nitrogen and oxygen atoms in total. The van der Waals surface area contributed by atoms with Gasteiger partial charge in [0.25, 0.3) is 10.0 Å². The van der Waals surface area contributed by atoms with E-state index in [1.54, 1.807) is 24.3 Å². The number of sulfonamides is 1. The molecule has 0 aliphatic heterocycles. The first-order valence-corrected chi connectivity index (χ1v) is 7.57. The van der Waals surface area contributed by atoms with Gasteiger partial charge < -0.3 is 0 Å². The lowest BCUT2D eigenvalue weighted by molar-refractivity contribution is 0.601. The van der Waals surface area contributed by atoms with Crippen LogP contribution >= 0.6 is 11.6 Å². The van der Waals surface area contributed by atoms with Gasteiger partial charge in [0, 0.05) is 5.02 Å². The van der Waals surface area contributed by atoms with E-state index in [1.807, 2.05) is 13.0 Å². The average Bonchev–Trinajstić information content (AvgIpc) is 2.43. The predicted octanol–water partition coefficient (Wildman–Crippen LogP) is 3.32. The zero-order valence-corrected chi connectivity index (χ0v) is 12.2. The van der Waals surface area contributed by atoms with Crippen LogP contribution in [0.5, 0.6) is 0 Å². The van der Waals surface area contributed by atoms with Gasteiger partial charge in [-0.15, -0.1) is 0 Å². The van der Waals surface area contributed by atoms with Crippen LogP contribution in [0.2, 0.25) is 5.02 Å². The summed E-state index contributed by atoms with van der Waals surface area (Å²) in [6, 6.07) is 12.6. The van der Waals surface area contributed by atoms with Crippen LogP contribution in [0.3, 0.4) is 0 Å². The fourth-order valence-electron chi connectivity index (χ4n) is 1.60. The van der Waals surface area contributed by atoms with E-state index >= 15 is 0 Å². The Bertz CT molecular complexity index is 795. The molecule has 0 heterocycles. The van der Waals surface area contributed by atoms with Crippen molar-refractivity contribution in [1.82, 2.24) is 0 Å². The highest BCUT2D eigenvalue weighted by Crippen LogP contribution is 2.22. The Morgan fingerprint density at radius 2 is 1.95 bits per heavy atom. The maximum absolute atomic E-state index is 12.2. The molecule has 2 aromatic rings. The van der Waals surface area contributed by atoms with Crippen molar-refractivity contribution in [3.63, 3.8) is 0 Å². The van der Waals surface area contributed by atoms with Crippen LogP contribution in [0.4, 0.5) is 5.69 Å². The van der Waals surface area contributed by atoms with Crippen LogP contribution < -0.4 is 4.72 Å². The molecule has 0 aromatic heterocycles. The highest BCUT2D eigenvalue weighted by atomic mass is 35.5. The maximum atomic E-state index is 12.2. The Morgan fingerprint density at radius 1 is 1.20 bits per heavy atom. The summed E-state index contributed by atoms with van der Waals surface area (Å²) in [6.07, 6.45) is 0. The van der Waals surface area contributed by atoms with Crippen LogP contribution in [0, 0.1) is 18.3 Å². The number of aryl methyl sites for hydroxylation is 1. The second-order valence-electron chi connectivity index (χ2n) is 4.21. The van der Waals surface area contributed by atoms with Crippen molar-refractivity contribution >= 4 is 27.3 Å². The lowest BCUT2D eigenvalue weighted by atomic mass is 10.2. The fraction of sp³-hybridized carbons (Fsp3) is 0.0714. The van der Waals surface area contributed by atoms with Crippen LogP contribution in [0.25, 0.3) is 0 Å². The molecule has 2 rings (SSSR count). The zero-order valence-electron chi connectivity index (χ0n) is 10.6. The van der Waals surface area contributed by atoms with Crippen molar-refractivity contribution in [2.75, 3.05) is 4.72 Å². The zero-order chi connectivity index (χ0) is 14.8. The number of nitrogens with zero attached hydrogens (tertiary/aromatic N) is 1. The Kier molecular flexibility index (Phi) is 3.98. The molecule has 0 spiro atoms. The Balaban J connectivity index is 2.35. The molecule has 0 aliphatic rings. The van der Waals surface area contributed by atoms with Gasteiger partial charge in [-0.1, -0.05) is 23.7 Å². The summed E-state index contributed by atoms with van der Waals surface area (Å²) >= 11 is 5.96. The van der Waals surface area contributed by atoms with Gasteiger partial charge in [0.2, 0.25) is 0 Å². The second kappa shape index (κ2) is 5.53. The molecule has 2 aromatic carbocycles. The molecule has 0 fully saturated rings. The normalized spacial score (nSPS) is 10.8. The number of benzene rings is 2. The summed E-state index contributed by atoms with van der Waals surface area (Å²) in [6.45, 7) is 1.83. The van der Waals surface area contributed by atoms with Crippen molar-refractivity contribution in [1.29, 1.82) is 5.26 Å². The third kappa shape index (κ3) is 3.10. The lowest BCUT2D eigenvalue weighted by Gasteiger charge is -2.09. The summed E-state index contributed by atoms with van der Waals surface area (Å²) in [5, 5.41) is 9.28. The monoisotopic (exact) mass is 306 g/mol. The highest BCUT2D eigenvalue weighted by Gasteiger charge is 2.15. The quantitative estimate of drug-likeness (QED) is 0.945. The topological polar surface area (TPSA) is 70.0 Å². The molecule has 0 saturated carbocycles. The molecule has 0 aliphatic carbocycles. The molecule has 0 bridgehead atoms. The molecule has 0 amide bonds. The van der Waals surface area contributed by atoms with Gasteiger partial charge >= 0.3 is 0 Å². The number of anilines is 1. The van der Waals surface area contributed by atoms with Crippen LogP contribution in [-0.2, 0) is 10.0 Å². The maximum Gasteiger partial charge on any atom is 0.261 e. The molecule has 1 N–H and O–H groups in total. The minimum absolute atomic E-state index is 0.0354. The number of hydrogen-bond acceptors (Lipinski definition) is 3. The van der Waals surface area contributed by atoms with Crippen LogP contribution in [-0.4, -0.2) is 8.42 Å². The summed E-state index contributed by atoms with van der Waals surface area (Å²) in [7, 11) is -3.74. The Morgan fingerprint density at radius 3 is 2.60 bits per heavy atom. The van der Waals surface area contributed by atoms with Crippen molar-refractivity contribution in [2.24, 2.45) is 0 Å². The largest absolute Gasteiger partial charge is 0.280 e. The number of rotatable bonds is 3. The molecule has 6 heteroatoms. The van der Waals surface area contributed by atoms with Crippen molar-refractivity contribution in [2.45, 2.75) is 11.8 Å². The second-order valence-corrected chi connectivity index (χ2v) is 6.30. The van der Waals surface area contributed by atoms with E-state index < -0.39 is 10.0 Å². The molecule has 0 radical (unpaired) electrons. The van der Waals surface area contributed by atoms with Gasteiger partial charge in [0.15, 0.2) is 0 Å². The minimum Gasteiger partial charge on any atom is -0.280 e. The highest BCUT2D eigenvalue weighted by molar-refractivity contribution is 7.92. The standard InChI is InChI=1S/C14H11ClN2O2S/c1-10-5-6-12(8-14(10)15)17-20(18,19)13-4-2-3-11(7-13)9-16/h2-8,17H,1H3. The van der Waals surface area contributed by atoms with Crippen LogP contribution in [0.1, 0.15) is 11.1 Å². The van der Waals surface area contributed by atoms with Crippen LogP contribution in [0.15, 0.2) is 47.4 Å². The minimum atomic E-state index is -3.74. The summed E-state index contributed by atoms with van der Waals surface area (Å²) in [5.41, 5.74) is 1.53.